The van der Waals surface area contributed by atoms with Gasteiger partial charge in [0.15, 0.2) is 0 Å². The summed E-state index contributed by atoms with van der Waals surface area (Å²) in [5, 5.41) is 11.9. The normalized spacial score (nSPS) is 14.7. The third kappa shape index (κ3) is 3.14. The minimum Gasteiger partial charge on any atom is -0.396 e. The summed E-state index contributed by atoms with van der Waals surface area (Å²) >= 11 is 0. The number of aliphatic hydroxyl groups is 1. The number of carbonyl (C=O) groups is 1. The molecule has 1 aromatic rings. The molecule has 0 aliphatic carbocycles. The molecule has 0 unspecified atom stereocenters. The molecule has 1 amide bonds. The number of benzene rings is 1. The molecule has 19 heavy (non-hydrogen) atoms. The number of hydrogen-bond acceptors (Lipinski definition) is 3. The minimum atomic E-state index is -0.0398. The molecule has 104 valence electrons. The Morgan fingerprint density at radius 3 is 2.84 bits per heavy atom. The number of nitrogens with one attached hydrogen (secondary N) is 1. The average molecular weight is 262 g/mol. The zero-order chi connectivity index (χ0) is 14.0. The number of nitrogens with zero attached hydrogens (tertiary/aromatic N) is 1. The predicted octanol–water partition coefficient (Wildman–Crippen LogP) is 1.77. The number of carbonyl (C=O) groups excluding carboxylic acids is 1. The standard InChI is InChI=1S/C15H22N2O2/c1-15(2,6-7-18)17(3)10-11-4-5-13-12(8-11)9-14(19)16-13/h4-5,8,18H,6-7,9-10H2,1-3H3,(H,16,19). The van der Waals surface area contributed by atoms with Gasteiger partial charge in [-0.15, -0.1) is 0 Å². The molecule has 4 heteroatoms. The maximum atomic E-state index is 11.3. The van der Waals surface area contributed by atoms with Crippen LogP contribution in [0.15, 0.2) is 18.2 Å². The van der Waals surface area contributed by atoms with Gasteiger partial charge < -0.3 is 10.4 Å². The van der Waals surface area contributed by atoms with Crippen molar-refractivity contribution in [3.63, 3.8) is 0 Å². The molecule has 0 bridgehead atoms. The molecule has 1 aromatic carbocycles. The maximum Gasteiger partial charge on any atom is 0.228 e. The molecule has 0 radical (unpaired) electrons. The molecule has 2 rings (SSSR count). The first-order chi connectivity index (χ1) is 8.92. The molecule has 0 saturated carbocycles. The Bertz CT molecular complexity index is 483. The Morgan fingerprint density at radius 1 is 1.42 bits per heavy atom. The number of rotatable bonds is 5. The van der Waals surface area contributed by atoms with E-state index in [-0.39, 0.29) is 18.1 Å². The Hall–Kier alpha value is -1.39. The van der Waals surface area contributed by atoms with Gasteiger partial charge >= 0.3 is 0 Å². The van der Waals surface area contributed by atoms with E-state index in [2.05, 4.69) is 43.2 Å². The molecular weight excluding hydrogens is 240 g/mol. The molecule has 2 N–H and O–H groups in total. The Kier molecular flexibility index (Phi) is 3.92. The van der Waals surface area contributed by atoms with Crippen LogP contribution in [-0.2, 0) is 17.8 Å². The highest BCUT2D eigenvalue weighted by atomic mass is 16.3. The Labute approximate surface area is 114 Å². The number of fused-ring (bicyclic) bond motifs is 1. The molecule has 0 saturated heterocycles. The van der Waals surface area contributed by atoms with Crippen LogP contribution >= 0.6 is 0 Å². The van der Waals surface area contributed by atoms with Crippen molar-refractivity contribution in [2.75, 3.05) is 19.0 Å². The fourth-order valence-corrected chi connectivity index (χ4v) is 2.33. The molecule has 0 spiro atoms. The molecular formula is C15H22N2O2. The van der Waals surface area contributed by atoms with E-state index in [1.54, 1.807) is 0 Å². The maximum absolute atomic E-state index is 11.3. The van der Waals surface area contributed by atoms with Crippen LogP contribution < -0.4 is 5.32 Å². The van der Waals surface area contributed by atoms with Gasteiger partial charge in [-0.25, -0.2) is 0 Å². The number of hydrogen-bond donors (Lipinski definition) is 2. The largest absolute Gasteiger partial charge is 0.396 e. The van der Waals surface area contributed by atoms with E-state index in [1.807, 2.05) is 6.07 Å². The lowest BCUT2D eigenvalue weighted by atomic mass is 9.98. The van der Waals surface area contributed by atoms with Crippen LogP contribution in [0.3, 0.4) is 0 Å². The van der Waals surface area contributed by atoms with Crippen LogP contribution in [0.2, 0.25) is 0 Å². The summed E-state index contributed by atoms with van der Waals surface area (Å²) in [6.07, 6.45) is 1.22. The number of amides is 1. The minimum absolute atomic E-state index is 0.0398. The smallest absolute Gasteiger partial charge is 0.228 e. The first-order valence-corrected chi connectivity index (χ1v) is 6.66. The second-order valence-corrected chi connectivity index (χ2v) is 5.86. The summed E-state index contributed by atoms with van der Waals surface area (Å²) in [6.45, 7) is 5.26. The third-order valence-corrected chi connectivity index (χ3v) is 3.97. The van der Waals surface area contributed by atoms with Crippen molar-refractivity contribution in [1.29, 1.82) is 0 Å². The van der Waals surface area contributed by atoms with E-state index < -0.39 is 0 Å². The first-order valence-electron chi connectivity index (χ1n) is 6.66. The van der Waals surface area contributed by atoms with Gasteiger partial charge in [0.1, 0.15) is 0 Å². The second kappa shape index (κ2) is 5.31. The highest BCUT2D eigenvalue weighted by Crippen LogP contribution is 2.26. The van der Waals surface area contributed by atoms with Crippen LogP contribution in [-0.4, -0.2) is 35.1 Å². The predicted molar refractivity (Wildman–Crippen MR) is 76.0 cm³/mol. The lowest BCUT2D eigenvalue weighted by molar-refractivity contribution is -0.115. The van der Waals surface area contributed by atoms with E-state index >= 15 is 0 Å². The fraction of sp³-hybridized carbons (Fsp3) is 0.533. The highest BCUT2D eigenvalue weighted by molar-refractivity contribution is 5.99. The van der Waals surface area contributed by atoms with Gasteiger partial charge in [0.25, 0.3) is 0 Å². The van der Waals surface area contributed by atoms with Gasteiger partial charge in [-0.3, -0.25) is 9.69 Å². The average Bonchev–Trinajstić information content (AvgIpc) is 2.68. The van der Waals surface area contributed by atoms with Gasteiger partial charge in [0.05, 0.1) is 6.42 Å². The second-order valence-electron chi connectivity index (χ2n) is 5.86. The topological polar surface area (TPSA) is 52.6 Å². The lowest BCUT2D eigenvalue weighted by Gasteiger charge is -2.35. The van der Waals surface area contributed by atoms with Gasteiger partial charge in [0.2, 0.25) is 5.91 Å². The number of aliphatic hydroxyl groups excluding tert-OH is 1. The van der Waals surface area contributed by atoms with E-state index in [1.165, 1.54) is 5.56 Å². The molecule has 0 fully saturated rings. The van der Waals surface area contributed by atoms with Gasteiger partial charge in [0, 0.05) is 24.4 Å². The van der Waals surface area contributed by atoms with Crippen molar-refractivity contribution in [3.05, 3.63) is 29.3 Å². The van der Waals surface area contributed by atoms with Crippen LogP contribution in [0.1, 0.15) is 31.4 Å². The molecule has 1 aliphatic rings. The van der Waals surface area contributed by atoms with Crippen molar-refractivity contribution >= 4 is 11.6 Å². The van der Waals surface area contributed by atoms with Crippen LogP contribution in [0, 0.1) is 0 Å². The molecule has 4 nitrogen and oxygen atoms in total. The molecule has 0 aromatic heterocycles. The van der Waals surface area contributed by atoms with Crippen molar-refractivity contribution < 1.29 is 9.90 Å². The van der Waals surface area contributed by atoms with Crippen LogP contribution in [0.4, 0.5) is 5.69 Å². The SMILES string of the molecule is CN(Cc1ccc2c(c1)CC(=O)N2)C(C)(C)CCO. The Balaban J connectivity index is 2.08. The zero-order valence-corrected chi connectivity index (χ0v) is 11.9. The van der Waals surface area contributed by atoms with Crippen molar-refractivity contribution in [3.8, 4) is 0 Å². The van der Waals surface area contributed by atoms with E-state index in [0.717, 1.165) is 24.2 Å². The summed E-state index contributed by atoms with van der Waals surface area (Å²) in [5.74, 6) is 0.0705. The third-order valence-electron chi connectivity index (χ3n) is 3.97. The van der Waals surface area contributed by atoms with E-state index in [0.29, 0.717) is 6.42 Å². The van der Waals surface area contributed by atoms with Gasteiger partial charge in [-0.2, -0.15) is 0 Å². The summed E-state index contributed by atoms with van der Waals surface area (Å²) < 4.78 is 0. The van der Waals surface area contributed by atoms with Gasteiger partial charge in [-0.05, 0) is 44.5 Å². The summed E-state index contributed by atoms with van der Waals surface area (Å²) in [6, 6.07) is 6.12. The van der Waals surface area contributed by atoms with Gasteiger partial charge in [-0.1, -0.05) is 12.1 Å². The van der Waals surface area contributed by atoms with E-state index in [4.69, 9.17) is 5.11 Å². The monoisotopic (exact) mass is 262 g/mol. The molecule has 1 aliphatic heterocycles. The Morgan fingerprint density at radius 2 is 2.16 bits per heavy atom. The van der Waals surface area contributed by atoms with Crippen molar-refractivity contribution in [2.24, 2.45) is 0 Å². The zero-order valence-electron chi connectivity index (χ0n) is 11.9. The van der Waals surface area contributed by atoms with Crippen LogP contribution in [0.25, 0.3) is 0 Å². The van der Waals surface area contributed by atoms with E-state index in [9.17, 15) is 4.79 Å². The lowest BCUT2D eigenvalue weighted by Crippen LogP contribution is -2.41. The van der Waals surface area contributed by atoms with Crippen molar-refractivity contribution in [2.45, 2.75) is 38.8 Å². The fourth-order valence-electron chi connectivity index (χ4n) is 2.33. The molecule has 1 heterocycles. The number of anilines is 1. The summed E-state index contributed by atoms with van der Waals surface area (Å²) in [4.78, 5) is 13.6. The quantitative estimate of drug-likeness (QED) is 0.850. The summed E-state index contributed by atoms with van der Waals surface area (Å²) in [7, 11) is 2.06. The summed E-state index contributed by atoms with van der Waals surface area (Å²) in [5.41, 5.74) is 3.17. The highest BCUT2D eigenvalue weighted by Gasteiger charge is 2.23. The molecule has 0 atom stereocenters. The van der Waals surface area contributed by atoms with Crippen LogP contribution in [0.5, 0.6) is 0 Å². The first kappa shape index (κ1) is 14.0. The van der Waals surface area contributed by atoms with Crippen molar-refractivity contribution in [1.82, 2.24) is 4.90 Å².